The van der Waals surface area contributed by atoms with E-state index in [1.54, 1.807) is 24.3 Å². The van der Waals surface area contributed by atoms with Gasteiger partial charge in [0.2, 0.25) is 0 Å². The van der Waals surface area contributed by atoms with Crippen LogP contribution in [-0.4, -0.2) is 30.1 Å². The number of terminal acetylenes is 1. The van der Waals surface area contributed by atoms with Gasteiger partial charge in [-0.3, -0.25) is 4.79 Å². The predicted molar refractivity (Wildman–Crippen MR) is 69.1 cm³/mol. The predicted octanol–water partition coefficient (Wildman–Crippen LogP) is 3.08. The molecular weight excluding hydrogens is 267 g/mol. The molecule has 0 N–H and O–H groups in total. The molecule has 0 radical (unpaired) electrons. The summed E-state index contributed by atoms with van der Waals surface area (Å²) < 4.78 is 37.7. The Bertz CT molecular complexity index is 537. The van der Waals surface area contributed by atoms with Crippen molar-refractivity contribution in [1.82, 2.24) is 4.90 Å². The number of hydrogen-bond donors (Lipinski definition) is 0. The van der Waals surface area contributed by atoms with Crippen LogP contribution in [0.15, 0.2) is 24.3 Å². The van der Waals surface area contributed by atoms with Crippen molar-refractivity contribution >= 4 is 5.91 Å². The first kappa shape index (κ1) is 14.4. The summed E-state index contributed by atoms with van der Waals surface area (Å²) in [6.07, 6.45) is 1.06. The van der Waals surface area contributed by atoms with Crippen LogP contribution in [0.5, 0.6) is 0 Å². The van der Waals surface area contributed by atoms with Crippen LogP contribution in [-0.2, 0) is 0 Å². The third-order valence-electron chi connectivity index (χ3n) is 3.56. The molecule has 2 nitrogen and oxygen atoms in total. The first-order chi connectivity index (χ1) is 9.43. The molecule has 106 valence electrons. The molecule has 0 aromatic heterocycles. The Balaban J connectivity index is 2.08. The van der Waals surface area contributed by atoms with Gasteiger partial charge in [0.05, 0.1) is 11.5 Å². The Labute approximate surface area is 115 Å². The second kappa shape index (κ2) is 5.58. The minimum atomic E-state index is -4.17. The number of rotatable bonds is 1. The molecule has 2 rings (SSSR count). The highest BCUT2D eigenvalue weighted by Gasteiger charge is 2.41. The topological polar surface area (TPSA) is 20.3 Å². The van der Waals surface area contributed by atoms with Crippen LogP contribution in [0, 0.1) is 18.3 Å². The number of carbonyl (C=O) groups is 1. The summed E-state index contributed by atoms with van der Waals surface area (Å²) in [4.78, 5) is 13.7. The van der Waals surface area contributed by atoms with E-state index in [2.05, 4.69) is 5.92 Å². The average Bonchev–Trinajstić information content (AvgIpc) is 2.45. The molecule has 1 saturated heterocycles. The van der Waals surface area contributed by atoms with E-state index in [9.17, 15) is 18.0 Å². The normalized spacial score (nSPS) is 16.8. The summed E-state index contributed by atoms with van der Waals surface area (Å²) in [6.45, 7) is 0.226. The lowest BCUT2D eigenvalue weighted by Crippen LogP contribution is -2.42. The number of piperidine rings is 1. The second-order valence-corrected chi connectivity index (χ2v) is 4.80. The SMILES string of the molecule is C#Cc1ccccc1C(=O)N1CCC(C(F)(F)F)CC1. The Morgan fingerprint density at radius 3 is 2.40 bits per heavy atom. The highest BCUT2D eigenvalue weighted by molar-refractivity contribution is 5.96. The van der Waals surface area contributed by atoms with Gasteiger partial charge >= 0.3 is 6.18 Å². The molecule has 1 aromatic rings. The van der Waals surface area contributed by atoms with Gasteiger partial charge in [-0.25, -0.2) is 0 Å². The van der Waals surface area contributed by atoms with Gasteiger partial charge in [-0.15, -0.1) is 6.42 Å². The fourth-order valence-electron chi connectivity index (χ4n) is 2.38. The van der Waals surface area contributed by atoms with Crippen LogP contribution in [0.2, 0.25) is 0 Å². The molecule has 0 bridgehead atoms. The first-order valence-corrected chi connectivity index (χ1v) is 6.35. The maximum absolute atomic E-state index is 12.6. The van der Waals surface area contributed by atoms with E-state index in [1.807, 2.05) is 0 Å². The van der Waals surface area contributed by atoms with Crippen molar-refractivity contribution in [1.29, 1.82) is 0 Å². The maximum atomic E-state index is 12.6. The Morgan fingerprint density at radius 2 is 1.85 bits per heavy atom. The van der Waals surface area contributed by atoms with Gasteiger partial charge in [-0.1, -0.05) is 18.1 Å². The van der Waals surface area contributed by atoms with Crippen molar-refractivity contribution in [3.8, 4) is 12.3 Å². The number of halogens is 3. The van der Waals surface area contributed by atoms with E-state index in [0.29, 0.717) is 11.1 Å². The number of benzene rings is 1. The minimum Gasteiger partial charge on any atom is -0.339 e. The summed E-state index contributed by atoms with van der Waals surface area (Å²) in [5.74, 6) is 0.818. The summed E-state index contributed by atoms with van der Waals surface area (Å²) in [5.41, 5.74) is 0.843. The monoisotopic (exact) mass is 281 g/mol. The van der Waals surface area contributed by atoms with Crippen LogP contribution < -0.4 is 0 Å². The molecule has 0 saturated carbocycles. The number of alkyl halides is 3. The Kier molecular flexibility index (Phi) is 4.03. The molecule has 5 heteroatoms. The standard InChI is InChI=1S/C15H14F3NO/c1-2-11-5-3-4-6-13(11)14(20)19-9-7-12(8-10-19)15(16,17)18/h1,3-6,12H,7-10H2. The van der Waals surface area contributed by atoms with Crippen LogP contribution in [0.1, 0.15) is 28.8 Å². The summed E-state index contributed by atoms with van der Waals surface area (Å²) in [7, 11) is 0. The molecule has 0 atom stereocenters. The molecule has 1 aromatic carbocycles. The zero-order valence-electron chi connectivity index (χ0n) is 10.8. The second-order valence-electron chi connectivity index (χ2n) is 4.80. The van der Waals surface area contributed by atoms with Crippen molar-refractivity contribution in [2.75, 3.05) is 13.1 Å². The van der Waals surface area contributed by atoms with E-state index >= 15 is 0 Å². The van der Waals surface area contributed by atoms with Crippen LogP contribution in [0.4, 0.5) is 13.2 Å². The van der Waals surface area contributed by atoms with E-state index in [4.69, 9.17) is 6.42 Å². The zero-order chi connectivity index (χ0) is 14.8. The minimum absolute atomic E-state index is 0.0482. The van der Waals surface area contributed by atoms with Gasteiger partial charge in [0.15, 0.2) is 0 Å². The van der Waals surface area contributed by atoms with Gasteiger partial charge in [0, 0.05) is 18.7 Å². The van der Waals surface area contributed by atoms with E-state index in [1.165, 1.54) is 4.90 Å². The van der Waals surface area contributed by atoms with Crippen LogP contribution in [0.25, 0.3) is 0 Å². The highest BCUT2D eigenvalue weighted by atomic mass is 19.4. The molecule has 1 heterocycles. The lowest BCUT2D eigenvalue weighted by Gasteiger charge is -2.33. The molecule has 1 fully saturated rings. The van der Waals surface area contributed by atoms with Crippen molar-refractivity contribution in [3.63, 3.8) is 0 Å². The molecule has 1 aliphatic rings. The van der Waals surface area contributed by atoms with E-state index < -0.39 is 12.1 Å². The number of carbonyl (C=O) groups excluding carboxylic acids is 1. The van der Waals surface area contributed by atoms with Crippen molar-refractivity contribution < 1.29 is 18.0 Å². The number of amides is 1. The van der Waals surface area contributed by atoms with Gasteiger partial charge in [-0.2, -0.15) is 13.2 Å². The van der Waals surface area contributed by atoms with Crippen LogP contribution >= 0.6 is 0 Å². The zero-order valence-corrected chi connectivity index (χ0v) is 10.8. The first-order valence-electron chi connectivity index (χ1n) is 6.35. The number of hydrogen-bond acceptors (Lipinski definition) is 1. The van der Waals surface area contributed by atoms with Crippen molar-refractivity contribution in [2.24, 2.45) is 5.92 Å². The molecule has 1 aliphatic heterocycles. The number of likely N-dealkylation sites (tertiary alicyclic amines) is 1. The van der Waals surface area contributed by atoms with Gasteiger partial charge < -0.3 is 4.90 Å². The maximum Gasteiger partial charge on any atom is 0.391 e. The van der Waals surface area contributed by atoms with Crippen molar-refractivity contribution in [3.05, 3.63) is 35.4 Å². The fourth-order valence-corrected chi connectivity index (χ4v) is 2.38. The average molecular weight is 281 g/mol. The van der Waals surface area contributed by atoms with Crippen LogP contribution in [0.3, 0.4) is 0 Å². The summed E-state index contributed by atoms with van der Waals surface area (Å²) in [5, 5.41) is 0. The number of nitrogens with zero attached hydrogens (tertiary/aromatic N) is 1. The molecule has 20 heavy (non-hydrogen) atoms. The summed E-state index contributed by atoms with van der Waals surface area (Å²) >= 11 is 0. The van der Waals surface area contributed by atoms with E-state index in [-0.39, 0.29) is 31.8 Å². The molecule has 0 spiro atoms. The lowest BCUT2D eigenvalue weighted by molar-refractivity contribution is -0.183. The Hall–Kier alpha value is -1.96. The lowest BCUT2D eigenvalue weighted by atomic mass is 9.95. The van der Waals surface area contributed by atoms with Gasteiger partial charge in [-0.05, 0) is 25.0 Å². The third kappa shape index (κ3) is 2.96. The smallest absolute Gasteiger partial charge is 0.339 e. The molecule has 1 amide bonds. The van der Waals surface area contributed by atoms with Crippen molar-refractivity contribution in [2.45, 2.75) is 19.0 Å². The highest BCUT2D eigenvalue weighted by Crippen LogP contribution is 2.34. The molecular formula is C15H14F3NO. The molecule has 0 aliphatic carbocycles. The van der Waals surface area contributed by atoms with E-state index in [0.717, 1.165) is 0 Å². The fraction of sp³-hybridized carbons (Fsp3) is 0.400. The largest absolute Gasteiger partial charge is 0.391 e. The molecule has 0 unspecified atom stereocenters. The van der Waals surface area contributed by atoms with Gasteiger partial charge in [0.1, 0.15) is 0 Å². The quantitative estimate of drug-likeness (QED) is 0.724. The van der Waals surface area contributed by atoms with Gasteiger partial charge in [0.25, 0.3) is 5.91 Å². The third-order valence-corrected chi connectivity index (χ3v) is 3.56. The summed E-state index contributed by atoms with van der Waals surface area (Å²) in [6, 6.07) is 6.67. The Morgan fingerprint density at radius 1 is 1.25 bits per heavy atom.